The van der Waals surface area contributed by atoms with E-state index in [4.69, 9.17) is 9.15 Å². The Morgan fingerprint density at radius 3 is 2.59 bits per heavy atom. The molecular weight excluding hydrogens is 344 g/mol. The number of ether oxygens (including phenoxy) is 1. The van der Waals surface area contributed by atoms with Crippen LogP contribution < -0.4 is 10.1 Å². The van der Waals surface area contributed by atoms with Gasteiger partial charge in [-0.15, -0.1) is 0 Å². The third-order valence-corrected chi connectivity index (χ3v) is 3.79. The molecular formula is C20H16N4O3. The van der Waals surface area contributed by atoms with Crippen LogP contribution in [-0.4, -0.2) is 20.4 Å². The number of nitrogens with zero attached hydrogens (tertiary/aromatic N) is 3. The molecule has 4 rings (SSSR count). The van der Waals surface area contributed by atoms with Crippen LogP contribution in [-0.2, 0) is 0 Å². The molecule has 1 amide bonds. The Balaban J connectivity index is 1.48. The van der Waals surface area contributed by atoms with Crippen molar-refractivity contribution in [3.8, 4) is 17.4 Å². The lowest BCUT2D eigenvalue weighted by molar-refractivity contribution is 0.102. The maximum absolute atomic E-state index is 12.0. The van der Waals surface area contributed by atoms with Crippen molar-refractivity contribution >= 4 is 11.6 Å². The highest BCUT2D eigenvalue weighted by Gasteiger charge is 2.08. The Morgan fingerprint density at radius 1 is 1.11 bits per heavy atom. The van der Waals surface area contributed by atoms with E-state index in [1.54, 1.807) is 36.4 Å². The molecule has 7 nitrogen and oxygen atoms in total. The molecule has 27 heavy (non-hydrogen) atoms. The molecule has 134 valence electrons. The number of hydrogen-bond donors (Lipinski definition) is 1. The van der Waals surface area contributed by atoms with E-state index in [0.717, 1.165) is 5.82 Å². The highest BCUT2D eigenvalue weighted by Crippen LogP contribution is 2.23. The molecule has 0 atom stereocenters. The van der Waals surface area contributed by atoms with Crippen molar-refractivity contribution in [1.82, 2.24) is 14.5 Å². The molecule has 0 unspecified atom stereocenters. The number of furan rings is 1. The Kier molecular flexibility index (Phi) is 4.40. The number of amides is 1. The number of anilines is 1. The van der Waals surface area contributed by atoms with E-state index in [-0.39, 0.29) is 5.91 Å². The van der Waals surface area contributed by atoms with Crippen molar-refractivity contribution < 1.29 is 13.9 Å². The number of benzene rings is 1. The van der Waals surface area contributed by atoms with E-state index in [9.17, 15) is 4.79 Å². The van der Waals surface area contributed by atoms with Crippen molar-refractivity contribution in [2.75, 3.05) is 5.32 Å². The summed E-state index contributed by atoms with van der Waals surface area (Å²) in [6, 6.07) is 14.3. The first-order chi connectivity index (χ1) is 13.2. The van der Waals surface area contributed by atoms with E-state index in [1.807, 2.05) is 36.0 Å². The monoisotopic (exact) mass is 360 g/mol. The van der Waals surface area contributed by atoms with Gasteiger partial charge in [0.05, 0.1) is 11.8 Å². The van der Waals surface area contributed by atoms with Gasteiger partial charge in [0, 0.05) is 24.1 Å². The second-order valence-electron chi connectivity index (χ2n) is 5.79. The molecule has 3 heterocycles. The molecule has 1 aromatic carbocycles. The van der Waals surface area contributed by atoms with Gasteiger partial charge in [-0.2, -0.15) is 4.98 Å². The van der Waals surface area contributed by atoms with Gasteiger partial charge in [0.15, 0.2) is 0 Å². The van der Waals surface area contributed by atoms with Crippen LogP contribution in [0.2, 0.25) is 0 Å². The topological polar surface area (TPSA) is 82.2 Å². The SMILES string of the molecule is Cc1nc(Oc2ccc(NC(=O)c3ccoc3)cc2)cc(-n2cccc2)n1. The van der Waals surface area contributed by atoms with Gasteiger partial charge in [0.25, 0.3) is 5.91 Å². The number of aromatic nitrogens is 3. The minimum atomic E-state index is -0.236. The molecule has 0 bridgehead atoms. The molecule has 0 aliphatic carbocycles. The van der Waals surface area contributed by atoms with Crippen LogP contribution >= 0.6 is 0 Å². The van der Waals surface area contributed by atoms with Crippen LogP contribution in [0.1, 0.15) is 16.2 Å². The maximum Gasteiger partial charge on any atom is 0.258 e. The quantitative estimate of drug-likeness (QED) is 0.576. The molecule has 0 aliphatic rings. The first-order valence-corrected chi connectivity index (χ1v) is 8.28. The Bertz CT molecular complexity index is 1040. The summed E-state index contributed by atoms with van der Waals surface area (Å²) in [5.41, 5.74) is 1.12. The van der Waals surface area contributed by atoms with Gasteiger partial charge in [-0.05, 0) is 49.4 Å². The number of nitrogens with one attached hydrogen (secondary N) is 1. The predicted octanol–water partition coefficient (Wildman–Crippen LogP) is 4.21. The number of rotatable bonds is 5. The molecule has 0 radical (unpaired) electrons. The van der Waals surface area contributed by atoms with E-state index in [0.29, 0.717) is 28.7 Å². The second kappa shape index (κ2) is 7.17. The lowest BCUT2D eigenvalue weighted by Gasteiger charge is -2.09. The summed E-state index contributed by atoms with van der Waals surface area (Å²) in [5.74, 6) is 2.15. The first-order valence-electron chi connectivity index (χ1n) is 8.28. The molecule has 3 aromatic heterocycles. The van der Waals surface area contributed by atoms with Crippen LogP contribution in [0.3, 0.4) is 0 Å². The Morgan fingerprint density at radius 2 is 1.89 bits per heavy atom. The molecule has 0 spiro atoms. The van der Waals surface area contributed by atoms with Gasteiger partial charge in [0.2, 0.25) is 5.88 Å². The van der Waals surface area contributed by atoms with E-state index >= 15 is 0 Å². The average molecular weight is 360 g/mol. The third kappa shape index (κ3) is 3.87. The van der Waals surface area contributed by atoms with E-state index < -0.39 is 0 Å². The van der Waals surface area contributed by atoms with Gasteiger partial charge in [-0.3, -0.25) is 4.79 Å². The van der Waals surface area contributed by atoms with Gasteiger partial charge in [-0.1, -0.05) is 0 Å². The van der Waals surface area contributed by atoms with E-state index in [2.05, 4.69) is 15.3 Å². The molecule has 0 saturated carbocycles. The number of hydrogen-bond acceptors (Lipinski definition) is 5. The minimum absolute atomic E-state index is 0.236. The Hall–Kier alpha value is -3.87. The molecule has 7 heteroatoms. The third-order valence-electron chi connectivity index (χ3n) is 3.79. The van der Waals surface area contributed by atoms with Gasteiger partial charge < -0.3 is 19.0 Å². The van der Waals surface area contributed by atoms with Crippen molar-refractivity contribution in [3.05, 3.63) is 84.8 Å². The molecule has 0 saturated heterocycles. The summed E-state index contributed by atoms with van der Waals surface area (Å²) in [4.78, 5) is 20.7. The smallest absolute Gasteiger partial charge is 0.258 e. The van der Waals surface area contributed by atoms with Gasteiger partial charge >= 0.3 is 0 Å². The molecule has 4 aromatic rings. The number of aryl methyl sites for hydroxylation is 1. The van der Waals surface area contributed by atoms with Crippen LogP contribution in [0.4, 0.5) is 5.69 Å². The fourth-order valence-electron chi connectivity index (χ4n) is 2.52. The maximum atomic E-state index is 12.0. The zero-order valence-corrected chi connectivity index (χ0v) is 14.5. The highest BCUT2D eigenvalue weighted by atomic mass is 16.5. The summed E-state index contributed by atoms with van der Waals surface area (Å²) in [6.45, 7) is 1.81. The second-order valence-corrected chi connectivity index (χ2v) is 5.79. The summed E-state index contributed by atoms with van der Waals surface area (Å²) >= 11 is 0. The fraction of sp³-hybridized carbons (Fsp3) is 0.0500. The van der Waals surface area contributed by atoms with Crippen molar-refractivity contribution in [3.63, 3.8) is 0 Å². The highest BCUT2D eigenvalue weighted by molar-refractivity contribution is 6.03. The molecule has 0 aliphatic heterocycles. The largest absolute Gasteiger partial charge is 0.472 e. The molecule has 1 N–H and O–H groups in total. The van der Waals surface area contributed by atoms with E-state index in [1.165, 1.54) is 12.5 Å². The van der Waals surface area contributed by atoms with Crippen LogP contribution in [0, 0.1) is 6.92 Å². The summed E-state index contributed by atoms with van der Waals surface area (Å²) < 4.78 is 12.6. The average Bonchev–Trinajstić information content (AvgIpc) is 3.37. The lowest BCUT2D eigenvalue weighted by atomic mass is 10.2. The van der Waals surface area contributed by atoms with Crippen LogP contribution in [0.15, 0.2) is 77.9 Å². The van der Waals surface area contributed by atoms with Crippen molar-refractivity contribution in [2.24, 2.45) is 0 Å². The summed E-state index contributed by atoms with van der Waals surface area (Å²) in [5, 5.41) is 2.79. The van der Waals surface area contributed by atoms with Crippen LogP contribution in [0.5, 0.6) is 11.6 Å². The lowest BCUT2D eigenvalue weighted by Crippen LogP contribution is -2.10. The normalized spacial score (nSPS) is 10.6. The zero-order chi connectivity index (χ0) is 18.6. The first kappa shape index (κ1) is 16.6. The van der Waals surface area contributed by atoms with Crippen LogP contribution in [0.25, 0.3) is 5.82 Å². The fourth-order valence-corrected chi connectivity index (χ4v) is 2.52. The van der Waals surface area contributed by atoms with Gasteiger partial charge in [-0.25, -0.2) is 4.98 Å². The predicted molar refractivity (Wildman–Crippen MR) is 99.3 cm³/mol. The zero-order valence-electron chi connectivity index (χ0n) is 14.5. The summed E-state index contributed by atoms with van der Waals surface area (Å²) in [7, 11) is 0. The minimum Gasteiger partial charge on any atom is -0.472 e. The van der Waals surface area contributed by atoms with Gasteiger partial charge in [0.1, 0.15) is 23.7 Å². The number of carbonyl (C=O) groups is 1. The molecule has 0 fully saturated rings. The number of carbonyl (C=O) groups excluding carboxylic acids is 1. The standard InChI is InChI=1S/C20H16N4O3/c1-14-21-18(24-9-2-3-10-24)12-19(22-14)27-17-6-4-16(5-7-17)23-20(25)15-8-11-26-13-15/h2-13H,1H3,(H,23,25). The van der Waals surface area contributed by atoms with Crippen molar-refractivity contribution in [2.45, 2.75) is 6.92 Å². The van der Waals surface area contributed by atoms with Crippen molar-refractivity contribution in [1.29, 1.82) is 0 Å². The summed E-state index contributed by atoms with van der Waals surface area (Å²) in [6.07, 6.45) is 6.66. The Labute approximate surface area is 155 Å².